The molecule has 24 heavy (non-hydrogen) atoms. The number of nitrogens with one attached hydrogen (secondary N) is 1. The Bertz CT molecular complexity index is 680. The molecule has 1 unspecified atom stereocenters. The first kappa shape index (κ1) is 17.5. The van der Waals surface area contributed by atoms with Crippen molar-refractivity contribution in [3.8, 4) is 0 Å². The third kappa shape index (κ3) is 4.84. The molecular formula is C19H21NO4. The molecule has 0 spiro atoms. The molecule has 0 saturated carbocycles. The zero-order valence-electron chi connectivity index (χ0n) is 13.7. The van der Waals surface area contributed by atoms with Gasteiger partial charge in [0.25, 0.3) is 0 Å². The van der Waals surface area contributed by atoms with Gasteiger partial charge >= 0.3 is 12.1 Å². The van der Waals surface area contributed by atoms with Crippen molar-refractivity contribution in [2.75, 3.05) is 0 Å². The number of carboxylic acid groups (broad SMARTS) is 1. The van der Waals surface area contributed by atoms with Gasteiger partial charge in [-0.1, -0.05) is 56.3 Å². The van der Waals surface area contributed by atoms with Gasteiger partial charge in [0.1, 0.15) is 6.61 Å². The van der Waals surface area contributed by atoms with Crippen molar-refractivity contribution in [1.82, 2.24) is 5.32 Å². The summed E-state index contributed by atoms with van der Waals surface area (Å²) in [5.74, 6) is -0.845. The Morgan fingerprint density at radius 2 is 1.67 bits per heavy atom. The van der Waals surface area contributed by atoms with Crippen molar-refractivity contribution in [3.05, 3.63) is 71.3 Å². The lowest BCUT2D eigenvalue weighted by atomic mass is 9.95. The van der Waals surface area contributed by atoms with Gasteiger partial charge in [0, 0.05) is 0 Å². The number of alkyl carbamates (subject to hydrolysis) is 1. The van der Waals surface area contributed by atoms with Crippen LogP contribution in [-0.4, -0.2) is 17.2 Å². The van der Waals surface area contributed by atoms with Gasteiger partial charge in [-0.15, -0.1) is 0 Å². The molecular weight excluding hydrogens is 306 g/mol. The molecule has 126 valence electrons. The molecule has 0 aliphatic carbocycles. The largest absolute Gasteiger partial charge is 0.478 e. The minimum absolute atomic E-state index is 0.130. The Morgan fingerprint density at radius 1 is 1.04 bits per heavy atom. The number of ether oxygens (including phenoxy) is 1. The lowest BCUT2D eigenvalue weighted by molar-refractivity contribution is 0.0696. The van der Waals surface area contributed by atoms with E-state index in [2.05, 4.69) is 5.32 Å². The van der Waals surface area contributed by atoms with Crippen molar-refractivity contribution in [3.63, 3.8) is 0 Å². The van der Waals surface area contributed by atoms with Gasteiger partial charge in [-0.05, 0) is 29.2 Å². The predicted octanol–water partition coefficient (Wildman–Crippen LogP) is 4.01. The molecule has 5 nitrogen and oxygen atoms in total. The van der Waals surface area contributed by atoms with Crippen LogP contribution >= 0.6 is 0 Å². The molecule has 0 aliphatic rings. The van der Waals surface area contributed by atoms with Gasteiger partial charge < -0.3 is 15.2 Å². The van der Waals surface area contributed by atoms with E-state index in [0.29, 0.717) is 0 Å². The first-order chi connectivity index (χ1) is 11.5. The van der Waals surface area contributed by atoms with E-state index in [9.17, 15) is 9.59 Å². The SMILES string of the molecule is CC(C)C(NC(=O)OCc1ccccc1)c1ccc(C(=O)O)cc1. The van der Waals surface area contributed by atoms with Crippen LogP contribution in [0.2, 0.25) is 0 Å². The Balaban J connectivity index is 2.00. The van der Waals surface area contributed by atoms with Gasteiger partial charge in [0.05, 0.1) is 11.6 Å². The fraction of sp³-hybridized carbons (Fsp3) is 0.263. The normalized spacial score (nSPS) is 11.8. The summed E-state index contributed by atoms with van der Waals surface area (Å²) in [5, 5.41) is 11.8. The number of hydrogen-bond acceptors (Lipinski definition) is 3. The molecule has 1 atom stereocenters. The summed E-state index contributed by atoms with van der Waals surface area (Å²) < 4.78 is 5.25. The quantitative estimate of drug-likeness (QED) is 0.840. The molecule has 0 aromatic heterocycles. The van der Waals surface area contributed by atoms with E-state index in [1.165, 1.54) is 12.1 Å². The average Bonchev–Trinajstić information content (AvgIpc) is 2.58. The van der Waals surface area contributed by atoms with Crippen molar-refractivity contribution in [1.29, 1.82) is 0 Å². The number of benzene rings is 2. The second-order valence-corrected chi connectivity index (χ2v) is 5.85. The number of amides is 1. The highest BCUT2D eigenvalue weighted by atomic mass is 16.5. The lowest BCUT2D eigenvalue weighted by Gasteiger charge is -2.22. The molecule has 0 bridgehead atoms. The standard InChI is InChI=1S/C19H21NO4/c1-13(2)17(15-8-10-16(11-9-15)18(21)22)20-19(23)24-12-14-6-4-3-5-7-14/h3-11,13,17H,12H2,1-2H3,(H,20,23)(H,21,22). The Hall–Kier alpha value is -2.82. The molecule has 0 saturated heterocycles. The number of aromatic carboxylic acids is 1. The smallest absolute Gasteiger partial charge is 0.407 e. The summed E-state index contributed by atoms with van der Waals surface area (Å²) in [6, 6.07) is 15.7. The van der Waals surface area contributed by atoms with Crippen LogP contribution in [0.4, 0.5) is 4.79 Å². The molecule has 2 rings (SSSR count). The summed E-state index contributed by atoms with van der Waals surface area (Å²) in [7, 11) is 0. The van der Waals surface area contributed by atoms with Gasteiger partial charge in [-0.25, -0.2) is 9.59 Å². The van der Waals surface area contributed by atoms with E-state index in [1.807, 2.05) is 44.2 Å². The first-order valence-electron chi connectivity index (χ1n) is 7.78. The van der Waals surface area contributed by atoms with E-state index in [-0.39, 0.29) is 24.1 Å². The number of carbonyl (C=O) groups is 2. The maximum Gasteiger partial charge on any atom is 0.407 e. The van der Waals surface area contributed by atoms with Gasteiger partial charge in [-0.3, -0.25) is 0 Å². The number of carboxylic acids is 1. The maximum absolute atomic E-state index is 12.1. The number of hydrogen-bond donors (Lipinski definition) is 2. The first-order valence-corrected chi connectivity index (χ1v) is 7.78. The molecule has 0 radical (unpaired) electrons. The Labute approximate surface area is 141 Å². The monoisotopic (exact) mass is 327 g/mol. The number of carbonyl (C=O) groups excluding carboxylic acids is 1. The molecule has 0 aliphatic heterocycles. The molecule has 2 N–H and O–H groups in total. The third-order valence-corrected chi connectivity index (χ3v) is 3.67. The van der Waals surface area contributed by atoms with Crippen molar-refractivity contribution < 1.29 is 19.4 Å². The van der Waals surface area contributed by atoms with Crippen molar-refractivity contribution in [2.45, 2.75) is 26.5 Å². The van der Waals surface area contributed by atoms with Crippen LogP contribution < -0.4 is 5.32 Å². The fourth-order valence-electron chi connectivity index (χ4n) is 2.36. The maximum atomic E-state index is 12.1. The van der Waals surface area contributed by atoms with Crippen molar-refractivity contribution >= 4 is 12.1 Å². The number of rotatable bonds is 6. The molecule has 0 heterocycles. The van der Waals surface area contributed by atoms with E-state index >= 15 is 0 Å². The van der Waals surface area contributed by atoms with Crippen LogP contribution in [0.5, 0.6) is 0 Å². The summed E-state index contributed by atoms with van der Waals surface area (Å²) >= 11 is 0. The highest BCUT2D eigenvalue weighted by molar-refractivity contribution is 5.87. The van der Waals surface area contributed by atoms with Crippen LogP contribution in [0.15, 0.2) is 54.6 Å². The minimum atomic E-state index is -0.974. The van der Waals surface area contributed by atoms with Crippen LogP contribution in [0.1, 0.15) is 41.4 Å². The van der Waals surface area contributed by atoms with Crippen molar-refractivity contribution in [2.24, 2.45) is 5.92 Å². The molecule has 1 amide bonds. The predicted molar refractivity (Wildman–Crippen MR) is 90.7 cm³/mol. The molecule has 5 heteroatoms. The second kappa shape index (κ2) is 8.15. The highest BCUT2D eigenvalue weighted by Gasteiger charge is 2.19. The second-order valence-electron chi connectivity index (χ2n) is 5.85. The van der Waals surface area contributed by atoms with Gasteiger partial charge in [0.2, 0.25) is 0 Å². The summed E-state index contributed by atoms with van der Waals surface area (Å²) in [4.78, 5) is 23.0. The Morgan fingerprint density at radius 3 is 2.21 bits per heavy atom. The molecule has 0 fully saturated rings. The zero-order chi connectivity index (χ0) is 17.5. The van der Waals surface area contributed by atoms with E-state index in [4.69, 9.17) is 9.84 Å². The summed E-state index contributed by atoms with van der Waals surface area (Å²) in [6.07, 6.45) is -0.500. The van der Waals surface area contributed by atoms with Crippen LogP contribution in [0.3, 0.4) is 0 Å². The van der Waals surface area contributed by atoms with Crippen LogP contribution in [0, 0.1) is 5.92 Å². The van der Waals surface area contributed by atoms with Gasteiger partial charge in [-0.2, -0.15) is 0 Å². The summed E-state index contributed by atoms with van der Waals surface area (Å²) in [5.41, 5.74) is 1.97. The zero-order valence-corrected chi connectivity index (χ0v) is 13.7. The lowest BCUT2D eigenvalue weighted by Crippen LogP contribution is -2.32. The van der Waals surface area contributed by atoms with Gasteiger partial charge in [0.15, 0.2) is 0 Å². The summed E-state index contributed by atoms with van der Waals surface area (Å²) in [6.45, 7) is 4.16. The Kier molecular flexibility index (Phi) is 5.95. The van der Waals surface area contributed by atoms with Crippen LogP contribution in [-0.2, 0) is 11.3 Å². The fourth-order valence-corrected chi connectivity index (χ4v) is 2.36. The topological polar surface area (TPSA) is 75.6 Å². The van der Waals surface area contributed by atoms with E-state index < -0.39 is 12.1 Å². The average molecular weight is 327 g/mol. The molecule has 2 aromatic rings. The van der Waals surface area contributed by atoms with Crippen LogP contribution in [0.25, 0.3) is 0 Å². The minimum Gasteiger partial charge on any atom is -0.478 e. The molecule has 2 aromatic carbocycles. The third-order valence-electron chi connectivity index (χ3n) is 3.67. The highest BCUT2D eigenvalue weighted by Crippen LogP contribution is 2.22. The van der Waals surface area contributed by atoms with E-state index in [0.717, 1.165) is 11.1 Å². The van der Waals surface area contributed by atoms with E-state index in [1.54, 1.807) is 12.1 Å².